The van der Waals surface area contributed by atoms with Gasteiger partial charge in [0, 0.05) is 17.8 Å². The van der Waals surface area contributed by atoms with Gasteiger partial charge in [-0.2, -0.15) is 4.57 Å². The summed E-state index contributed by atoms with van der Waals surface area (Å²) in [6.07, 6.45) is -3.91. The molecule has 0 saturated carbocycles. The fraction of sp³-hybridized carbons (Fsp3) is 0.306. The van der Waals surface area contributed by atoms with E-state index in [0.717, 1.165) is 10.6 Å². The molecule has 4 atom stereocenters. The van der Waals surface area contributed by atoms with Crippen molar-refractivity contribution in [2.45, 2.75) is 63.4 Å². The molecule has 48 heavy (non-hydrogen) atoms. The molecule has 0 aliphatic carbocycles. The summed E-state index contributed by atoms with van der Waals surface area (Å²) in [7, 11) is -2.38. The number of rotatable bonds is 9. The third kappa shape index (κ3) is 7.30. The fourth-order valence-corrected chi connectivity index (χ4v) is 5.97. The number of aromatic nitrogens is 2. The lowest BCUT2D eigenvalue weighted by atomic mass is 10.1. The van der Waals surface area contributed by atoms with Crippen molar-refractivity contribution in [2.75, 3.05) is 6.61 Å². The van der Waals surface area contributed by atoms with Gasteiger partial charge in [-0.15, -0.1) is 0 Å². The first-order chi connectivity index (χ1) is 22.8. The predicted molar refractivity (Wildman–Crippen MR) is 179 cm³/mol. The first-order valence-electron chi connectivity index (χ1n) is 15.5. The largest absolute Gasteiger partial charge is 0.452 e. The SMILES string of the molecule is CC(C)(C)[Si](C)(C)OC[C@H]1O[C@@H](n2ccc(=O)n(C(=O)c3ccccc3)c2=O)[C@H](OC(=O)c2ccccc2)[C@@H]1OC(=O)c1ccccc1. The molecule has 0 N–H and O–H groups in total. The highest BCUT2D eigenvalue weighted by Crippen LogP contribution is 2.39. The minimum atomic E-state index is -2.38. The summed E-state index contributed by atoms with van der Waals surface area (Å²) in [4.78, 5) is 67.2. The summed E-state index contributed by atoms with van der Waals surface area (Å²) in [5.41, 5.74) is -1.31. The predicted octanol–water partition coefficient (Wildman–Crippen LogP) is 5.07. The van der Waals surface area contributed by atoms with Gasteiger partial charge in [0.25, 0.3) is 11.5 Å². The molecular weight excluding hydrogens is 632 g/mol. The minimum Gasteiger partial charge on any atom is -0.452 e. The number of ether oxygens (including phenoxy) is 3. The standard InChI is InChI=1S/C36H38N2O9Si/c1-36(2,3)48(4,5)44-23-27-29(46-33(41)25-17-11-7-12-18-25)30(47-34(42)26-19-13-8-14-20-26)32(45-27)37-22-21-28(39)38(35(37)43)31(40)24-15-9-6-10-16-24/h6-22,27,29-30,32H,23H2,1-5H3/t27-,29-,30-,32-/m1/s1. The summed E-state index contributed by atoms with van der Waals surface area (Å²) < 4.78 is 26.4. The lowest BCUT2D eigenvalue weighted by molar-refractivity contribution is -0.0594. The molecule has 1 aliphatic rings. The summed E-state index contributed by atoms with van der Waals surface area (Å²) >= 11 is 0. The van der Waals surface area contributed by atoms with E-state index in [0.29, 0.717) is 4.57 Å². The highest BCUT2D eigenvalue weighted by atomic mass is 28.4. The Morgan fingerprint density at radius 1 is 0.729 bits per heavy atom. The molecule has 0 spiro atoms. The molecule has 250 valence electrons. The second kappa shape index (κ2) is 14.1. The van der Waals surface area contributed by atoms with Gasteiger partial charge in [-0.1, -0.05) is 75.4 Å². The molecule has 2 heterocycles. The molecule has 4 aromatic rings. The molecule has 3 aromatic carbocycles. The number of hydrogen-bond acceptors (Lipinski definition) is 9. The van der Waals surface area contributed by atoms with E-state index in [1.165, 1.54) is 18.3 Å². The van der Waals surface area contributed by atoms with Gasteiger partial charge in [0.1, 0.15) is 6.10 Å². The zero-order valence-electron chi connectivity index (χ0n) is 27.4. The molecule has 1 saturated heterocycles. The van der Waals surface area contributed by atoms with Gasteiger partial charge in [-0.25, -0.2) is 14.4 Å². The van der Waals surface area contributed by atoms with Crippen LogP contribution >= 0.6 is 0 Å². The summed E-state index contributed by atoms with van der Waals surface area (Å²) in [6.45, 7) is 10.3. The Hall–Kier alpha value is -4.91. The minimum absolute atomic E-state index is 0.0591. The van der Waals surface area contributed by atoms with Crippen LogP contribution in [-0.4, -0.2) is 60.2 Å². The number of carbonyl (C=O) groups is 3. The third-order valence-electron chi connectivity index (χ3n) is 8.71. The van der Waals surface area contributed by atoms with Crippen molar-refractivity contribution in [3.05, 3.63) is 141 Å². The van der Waals surface area contributed by atoms with Crippen LogP contribution in [0, 0.1) is 0 Å². The Labute approximate surface area is 278 Å². The van der Waals surface area contributed by atoms with E-state index in [1.54, 1.807) is 78.9 Å². The van der Waals surface area contributed by atoms with E-state index in [-0.39, 0.29) is 28.3 Å². The third-order valence-corrected chi connectivity index (χ3v) is 13.2. The van der Waals surface area contributed by atoms with E-state index in [2.05, 4.69) is 20.8 Å². The smallest absolute Gasteiger partial charge is 0.340 e. The Bertz CT molecular complexity index is 1880. The molecule has 11 nitrogen and oxygen atoms in total. The monoisotopic (exact) mass is 670 g/mol. The molecule has 0 radical (unpaired) electrons. The van der Waals surface area contributed by atoms with Crippen LogP contribution in [0.4, 0.5) is 0 Å². The molecule has 12 heteroatoms. The zero-order chi connectivity index (χ0) is 34.6. The Morgan fingerprint density at radius 2 is 1.21 bits per heavy atom. The van der Waals surface area contributed by atoms with Crippen molar-refractivity contribution < 1.29 is 33.0 Å². The van der Waals surface area contributed by atoms with Crippen LogP contribution in [0.15, 0.2) is 113 Å². The molecule has 0 bridgehead atoms. The second-order valence-corrected chi connectivity index (χ2v) is 17.8. The number of carbonyl (C=O) groups excluding carboxylic acids is 3. The molecule has 1 aliphatic heterocycles. The molecule has 1 fully saturated rings. The molecular formula is C36H38N2O9Si. The average molecular weight is 671 g/mol. The Kier molecular flexibility index (Phi) is 10.1. The van der Waals surface area contributed by atoms with Gasteiger partial charge < -0.3 is 18.6 Å². The van der Waals surface area contributed by atoms with Crippen molar-refractivity contribution in [3.63, 3.8) is 0 Å². The van der Waals surface area contributed by atoms with Gasteiger partial charge in [0.15, 0.2) is 26.8 Å². The van der Waals surface area contributed by atoms with Gasteiger partial charge in [-0.05, 0) is 54.5 Å². The van der Waals surface area contributed by atoms with Crippen LogP contribution in [0.1, 0.15) is 58.1 Å². The summed E-state index contributed by atoms with van der Waals surface area (Å²) in [6, 6.07) is 25.4. The number of nitrogens with zero attached hydrogens (tertiary/aromatic N) is 2. The van der Waals surface area contributed by atoms with Crippen LogP contribution in [0.3, 0.4) is 0 Å². The van der Waals surface area contributed by atoms with Crippen molar-refractivity contribution in [3.8, 4) is 0 Å². The molecule has 5 rings (SSSR count). The maximum Gasteiger partial charge on any atom is 0.340 e. The van der Waals surface area contributed by atoms with E-state index in [9.17, 15) is 24.0 Å². The fourth-order valence-electron chi connectivity index (χ4n) is 4.96. The topological polar surface area (TPSA) is 132 Å². The lowest BCUT2D eigenvalue weighted by Crippen LogP contribution is -2.47. The summed E-state index contributed by atoms with van der Waals surface area (Å²) in [5.74, 6) is -2.32. The highest BCUT2D eigenvalue weighted by molar-refractivity contribution is 6.74. The van der Waals surface area contributed by atoms with Crippen LogP contribution < -0.4 is 11.2 Å². The van der Waals surface area contributed by atoms with Gasteiger partial charge in [0.05, 0.1) is 17.7 Å². The maximum absolute atomic E-state index is 14.0. The van der Waals surface area contributed by atoms with Crippen LogP contribution in [0.2, 0.25) is 18.1 Å². The van der Waals surface area contributed by atoms with Crippen molar-refractivity contribution >= 4 is 26.2 Å². The van der Waals surface area contributed by atoms with Crippen molar-refractivity contribution in [1.82, 2.24) is 9.13 Å². The molecule has 0 amide bonds. The van der Waals surface area contributed by atoms with Gasteiger partial charge >= 0.3 is 17.6 Å². The lowest BCUT2D eigenvalue weighted by Gasteiger charge is -2.37. The quantitative estimate of drug-likeness (QED) is 0.177. The normalized spacial score (nSPS) is 19.4. The number of benzene rings is 3. The van der Waals surface area contributed by atoms with E-state index >= 15 is 0 Å². The maximum atomic E-state index is 14.0. The van der Waals surface area contributed by atoms with Crippen molar-refractivity contribution in [1.29, 1.82) is 0 Å². The Balaban J connectivity index is 1.60. The van der Waals surface area contributed by atoms with Crippen LogP contribution in [-0.2, 0) is 18.6 Å². The van der Waals surface area contributed by atoms with E-state index < -0.39 is 62.0 Å². The van der Waals surface area contributed by atoms with E-state index in [4.69, 9.17) is 18.6 Å². The second-order valence-electron chi connectivity index (χ2n) is 13.0. The first-order valence-corrected chi connectivity index (χ1v) is 18.4. The zero-order valence-corrected chi connectivity index (χ0v) is 28.4. The van der Waals surface area contributed by atoms with E-state index in [1.807, 2.05) is 13.1 Å². The van der Waals surface area contributed by atoms with Gasteiger partial charge in [0.2, 0.25) is 0 Å². The Morgan fingerprint density at radius 3 is 1.71 bits per heavy atom. The first kappa shape index (κ1) is 34.4. The number of hydrogen-bond donors (Lipinski definition) is 0. The van der Waals surface area contributed by atoms with Crippen LogP contribution in [0.25, 0.3) is 0 Å². The van der Waals surface area contributed by atoms with Crippen molar-refractivity contribution in [2.24, 2.45) is 0 Å². The van der Waals surface area contributed by atoms with Gasteiger partial charge in [-0.3, -0.25) is 14.2 Å². The average Bonchev–Trinajstić information content (AvgIpc) is 3.40. The number of esters is 2. The molecule has 1 aromatic heterocycles. The summed E-state index contributed by atoms with van der Waals surface area (Å²) in [5, 5.41) is -0.176. The molecule has 0 unspecified atom stereocenters. The highest BCUT2D eigenvalue weighted by Gasteiger charge is 2.52. The van der Waals surface area contributed by atoms with Crippen LogP contribution in [0.5, 0.6) is 0 Å².